The Bertz CT molecular complexity index is 1850. The Morgan fingerprint density at radius 2 is 1.26 bits per heavy atom. The summed E-state index contributed by atoms with van der Waals surface area (Å²) in [6, 6.07) is 35.9. The molecule has 1 aliphatic carbocycles. The predicted molar refractivity (Wildman–Crippen MR) is 213 cm³/mol. The Kier molecular flexibility index (Phi) is 12.9. The van der Waals surface area contributed by atoms with E-state index in [-0.39, 0.29) is 43.9 Å². The Hall–Kier alpha value is -4.17. The van der Waals surface area contributed by atoms with E-state index in [0.717, 1.165) is 11.1 Å². The van der Waals surface area contributed by atoms with Crippen molar-refractivity contribution in [2.45, 2.75) is 87.2 Å². The number of likely N-dealkylation sites (tertiary alicyclic amines) is 1. The van der Waals surface area contributed by atoms with Gasteiger partial charge in [0.2, 0.25) is 0 Å². The first-order valence-corrected chi connectivity index (χ1v) is 20.4. The van der Waals surface area contributed by atoms with Gasteiger partial charge in [-0.2, -0.15) is 0 Å². The molecule has 0 radical (unpaired) electrons. The van der Waals surface area contributed by atoms with E-state index >= 15 is 0 Å². The van der Waals surface area contributed by atoms with Crippen molar-refractivity contribution in [3.8, 4) is 11.1 Å². The number of aliphatic hydroxyl groups is 3. The second-order valence-corrected chi connectivity index (χ2v) is 15.7. The highest BCUT2D eigenvalue weighted by atomic mass is 16.7. The normalized spacial score (nSPS) is 24.4. The smallest absolute Gasteiger partial charge is 0.409 e. The van der Waals surface area contributed by atoms with Crippen molar-refractivity contribution in [3.05, 3.63) is 131 Å². The standard InChI is InChI=1S/C46H54N2O9/c49-34(27-35-21-25-53-44(56-35)31-11-3-1-4-12-31)28-48(29-41(50)43(51)42-22-26-54-45(57-42)32-13-5-2-6-14-32)33-19-23-47(24-20-33)46(52)55-30-40-38-17-9-7-15-36(38)37-16-8-10-18-39(37)40/h1-18,33-35,40-45,49-51H,19-30H2/t34-,35-,41+,42-,43-,44?,45?/m1/s1. The van der Waals surface area contributed by atoms with E-state index in [2.05, 4.69) is 29.2 Å². The SMILES string of the molecule is O=C(OCC1c2ccccc2-c2ccccc21)N1CCC(N(C[C@H](O)C[C@H]2CCOC(c3ccccc3)O2)C[C@H](O)[C@@H](O)[C@H]2CCOC(c3ccccc3)O2)CC1. The van der Waals surface area contributed by atoms with Gasteiger partial charge in [0, 0.05) is 55.7 Å². The van der Waals surface area contributed by atoms with Crippen LogP contribution >= 0.6 is 0 Å². The van der Waals surface area contributed by atoms with Gasteiger partial charge >= 0.3 is 6.09 Å². The molecule has 0 aromatic heterocycles. The Morgan fingerprint density at radius 1 is 0.702 bits per heavy atom. The first kappa shape index (κ1) is 39.6. The summed E-state index contributed by atoms with van der Waals surface area (Å²) >= 11 is 0. The van der Waals surface area contributed by atoms with Crippen LogP contribution in [-0.2, 0) is 23.7 Å². The maximum atomic E-state index is 13.5. The summed E-state index contributed by atoms with van der Waals surface area (Å²) in [5.41, 5.74) is 6.49. The zero-order chi connectivity index (χ0) is 39.1. The van der Waals surface area contributed by atoms with E-state index in [0.29, 0.717) is 58.4 Å². The molecule has 7 atom stereocenters. The number of fused-ring (bicyclic) bond motifs is 3. The molecule has 4 aliphatic rings. The highest BCUT2D eigenvalue weighted by Gasteiger charge is 2.38. The zero-order valence-corrected chi connectivity index (χ0v) is 32.3. The van der Waals surface area contributed by atoms with Crippen molar-refractivity contribution in [1.29, 1.82) is 0 Å². The van der Waals surface area contributed by atoms with Crippen LogP contribution in [-0.4, -0.2) is 114 Å². The van der Waals surface area contributed by atoms with Crippen LogP contribution in [0.15, 0.2) is 109 Å². The minimum atomic E-state index is -1.17. The first-order chi connectivity index (χ1) is 27.9. The van der Waals surface area contributed by atoms with Crippen molar-refractivity contribution < 1.29 is 43.8 Å². The Balaban J connectivity index is 0.899. The second-order valence-electron chi connectivity index (χ2n) is 15.7. The van der Waals surface area contributed by atoms with Gasteiger partial charge in [0.1, 0.15) is 12.7 Å². The van der Waals surface area contributed by atoms with E-state index in [1.807, 2.05) is 84.9 Å². The molecule has 302 valence electrons. The molecule has 3 heterocycles. The monoisotopic (exact) mass is 778 g/mol. The Morgan fingerprint density at radius 3 is 1.89 bits per heavy atom. The summed E-state index contributed by atoms with van der Waals surface area (Å²) in [5, 5.41) is 34.5. The predicted octanol–water partition coefficient (Wildman–Crippen LogP) is 6.18. The lowest BCUT2D eigenvalue weighted by Crippen LogP contribution is -2.54. The summed E-state index contributed by atoms with van der Waals surface area (Å²) in [6.07, 6.45) is -2.69. The number of aliphatic hydroxyl groups excluding tert-OH is 3. The summed E-state index contributed by atoms with van der Waals surface area (Å²) in [6.45, 7) is 2.48. The molecule has 8 rings (SSSR count). The molecule has 3 N–H and O–H groups in total. The van der Waals surface area contributed by atoms with E-state index in [1.54, 1.807) is 4.90 Å². The number of piperidine rings is 1. The van der Waals surface area contributed by atoms with Crippen molar-refractivity contribution in [1.82, 2.24) is 9.80 Å². The van der Waals surface area contributed by atoms with Crippen LogP contribution in [0.5, 0.6) is 0 Å². The fraction of sp³-hybridized carbons (Fsp3) is 0.457. The number of rotatable bonds is 13. The number of amides is 1. The van der Waals surface area contributed by atoms with Crippen molar-refractivity contribution in [2.75, 3.05) is 46.0 Å². The van der Waals surface area contributed by atoms with Gasteiger partial charge in [-0.1, -0.05) is 109 Å². The van der Waals surface area contributed by atoms with Gasteiger partial charge < -0.3 is 43.9 Å². The molecule has 57 heavy (non-hydrogen) atoms. The summed E-state index contributed by atoms with van der Waals surface area (Å²) in [4.78, 5) is 17.3. The number of carbonyl (C=O) groups excluding carboxylic acids is 1. The van der Waals surface area contributed by atoms with Gasteiger partial charge in [-0.15, -0.1) is 0 Å². The van der Waals surface area contributed by atoms with E-state index in [4.69, 9.17) is 23.7 Å². The number of hydrogen-bond acceptors (Lipinski definition) is 10. The van der Waals surface area contributed by atoms with Crippen molar-refractivity contribution >= 4 is 6.09 Å². The molecule has 11 heteroatoms. The summed E-state index contributed by atoms with van der Waals surface area (Å²) in [5.74, 6) is -0.0193. The van der Waals surface area contributed by atoms with Crippen LogP contribution < -0.4 is 0 Å². The minimum absolute atomic E-state index is 0.0193. The third-order valence-electron chi connectivity index (χ3n) is 11.9. The lowest BCUT2D eigenvalue weighted by atomic mass is 9.98. The van der Waals surface area contributed by atoms with Crippen LogP contribution in [0.4, 0.5) is 4.79 Å². The molecule has 0 spiro atoms. The zero-order valence-electron chi connectivity index (χ0n) is 32.3. The lowest BCUT2D eigenvalue weighted by Gasteiger charge is -2.41. The van der Waals surface area contributed by atoms with Crippen LogP contribution in [0.3, 0.4) is 0 Å². The molecule has 3 aliphatic heterocycles. The van der Waals surface area contributed by atoms with Gasteiger partial charge in [-0.3, -0.25) is 4.90 Å². The van der Waals surface area contributed by atoms with Crippen molar-refractivity contribution in [2.24, 2.45) is 0 Å². The molecule has 1 amide bonds. The van der Waals surface area contributed by atoms with Gasteiger partial charge in [0.05, 0.1) is 37.6 Å². The summed E-state index contributed by atoms with van der Waals surface area (Å²) in [7, 11) is 0. The third kappa shape index (κ3) is 9.43. The molecule has 0 saturated carbocycles. The van der Waals surface area contributed by atoms with Gasteiger partial charge in [0.25, 0.3) is 0 Å². The fourth-order valence-electron chi connectivity index (χ4n) is 8.86. The van der Waals surface area contributed by atoms with Gasteiger partial charge in [-0.05, 0) is 47.9 Å². The molecule has 3 saturated heterocycles. The Labute approximate surface area is 334 Å². The first-order valence-electron chi connectivity index (χ1n) is 20.4. The highest BCUT2D eigenvalue weighted by Crippen LogP contribution is 2.44. The molecule has 2 unspecified atom stereocenters. The lowest BCUT2D eigenvalue weighted by molar-refractivity contribution is -0.247. The fourth-order valence-corrected chi connectivity index (χ4v) is 8.86. The largest absolute Gasteiger partial charge is 0.448 e. The molecule has 11 nitrogen and oxygen atoms in total. The number of carbonyl (C=O) groups is 1. The van der Waals surface area contributed by atoms with Crippen LogP contribution in [0, 0.1) is 0 Å². The molecular weight excluding hydrogens is 725 g/mol. The molecule has 0 bridgehead atoms. The number of nitrogens with zero attached hydrogens (tertiary/aromatic N) is 2. The average molecular weight is 779 g/mol. The van der Waals surface area contributed by atoms with E-state index < -0.39 is 37.0 Å². The number of benzene rings is 4. The molecule has 3 fully saturated rings. The molecular formula is C46H54N2O9. The maximum absolute atomic E-state index is 13.5. The van der Waals surface area contributed by atoms with Gasteiger partial charge in [-0.25, -0.2) is 4.79 Å². The topological polar surface area (TPSA) is 130 Å². The van der Waals surface area contributed by atoms with Crippen LogP contribution in [0.1, 0.15) is 72.9 Å². The highest BCUT2D eigenvalue weighted by molar-refractivity contribution is 5.79. The number of ether oxygens (including phenoxy) is 5. The van der Waals surface area contributed by atoms with E-state index in [1.165, 1.54) is 22.3 Å². The van der Waals surface area contributed by atoms with Crippen molar-refractivity contribution in [3.63, 3.8) is 0 Å². The van der Waals surface area contributed by atoms with Gasteiger partial charge in [0.15, 0.2) is 12.6 Å². The van der Waals surface area contributed by atoms with E-state index in [9.17, 15) is 20.1 Å². The van der Waals surface area contributed by atoms with Crippen LogP contribution in [0.2, 0.25) is 0 Å². The molecule has 4 aromatic rings. The quantitative estimate of drug-likeness (QED) is 0.145. The summed E-state index contributed by atoms with van der Waals surface area (Å²) < 4.78 is 30.2. The minimum Gasteiger partial charge on any atom is -0.448 e. The third-order valence-corrected chi connectivity index (χ3v) is 11.9. The second kappa shape index (κ2) is 18.6. The number of hydrogen-bond donors (Lipinski definition) is 3. The average Bonchev–Trinajstić information content (AvgIpc) is 3.59. The molecule has 4 aromatic carbocycles. The van der Waals surface area contributed by atoms with Crippen LogP contribution in [0.25, 0.3) is 11.1 Å². The maximum Gasteiger partial charge on any atom is 0.409 e.